The van der Waals surface area contributed by atoms with E-state index in [0.29, 0.717) is 13.1 Å². The van der Waals surface area contributed by atoms with Gasteiger partial charge in [-0.2, -0.15) is 0 Å². The molecular formula is C14H27NO4. The molecule has 0 aromatic heterocycles. The first-order valence-corrected chi connectivity index (χ1v) is 6.77. The van der Waals surface area contributed by atoms with E-state index in [2.05, 4.69) is 20.8 Å². The molecule has 1 heterocycles. The summed E-state index contributed by atoms with van der Waals surface area (Å²) in [5.41, 5.74) is -0.602. The van der Waals surface area contributed by atoms with Gasteiger partial charge in [0.05, 0.1) is 31.9 Å². The van der Waals surface area contributed by atoms with Crippen molar-refractivity contribution in [3.8, 4) is 0 Å². The Balaban J connectivity index is 2.75. The van der Waals surface area contributed by atoms with Crippen molar-refractivity contribution in [2.24, 2.45) is 5.41 Å². The van der Waals surface area contributed by atoms with Crippen molar-refractivity contribution < 1.29 is 19.4 Å². The molecule has 0 aliphatic carbocycles. The van der Waals surface area contributed by atoms with Gasteiger partial charge in [0, 0.05) is 0 Å². The third kappa shape index (κ3) is 4.99. The zero-order valence-corrected chi connectivity index (χ0v) is 12.9. The molecule has 1 fully saturated rings. The van der Waals surface area contributed by atoms with Crippen LogP contribution in [0.5, 0.6) is 0 Å². The average Bonchev–Trinajstić information content (AvgIpc) is 2.25. The average molecular weight is 273 g/mol. The van der Waals surface area contributed by atoms with Crippen LogP contribution in [-0.2, 0) is 9.47 Å². The number of aliphatic hydroxyl groups is 1. The van der Waals surface area contributed by atoms with Crippen LogP contribution in [0.2, 0.25) is 0 Å². The number of rotatable bonds is 1. The van der Waals surface area contributed by atoms with Crippen LogP contribution in [0.3, 0.4) is 0 Å². The Morgan fingerprint density at radius 1 is 1.26 bits per heavy atom. The van der Waals surface area contributed by atoms with E-state index in [-0.39, 0.29) is 30.3 Å². The summed E-state index contributed by atoms with van der Waals surface area (Å²) in [5, 5.41) is 9.30. The fourth-order valence-corrected chi connectivity index (χ4v) is 1.89. The Kier molecular flexibility index (Phi) is 4.85. The van der Waals surface area contributed by atoms with Gasteiger partial charge in [-0.1, -0.05) is 20.8 Å². The molecule has 0 spiro atoms. The largest absolute Gasteiger partial charge is 0.444 e. The van der Waals surface area contributed by atoms with Gasteiger partial charge >= 0.3 is 6.09 Å². The van der Waals surface area contributed by atoms with Crippen molar-refractivity contribution >= 4 is 6.09 Å². The Hall–Kier alpha value is -0.810. The van der Waals surface area contributed by atoms with E-state index >= 15 is 0 Å². The molecule has 0 unspecified atom stereocenters. The lowest BCUT2D eigenvalue weighted by molar-refractivity contribution is -0.136. The SMILES string of the molecule is CC(C)(C)OC(=O)N1C[C@@H](CO)O[C@H](C(C)(C)C)C1. The number of morpholine rings is 1. The van der Waals surface area contributed by atoms with Crippen LogP contribution in [0.1, 0.15) is 41.5 Å². The third-order valence-electron chi connectivity index (χ3n) is 2.99. The lowest BCUT2D eigenvalue weighted by Crippen LogP contribution is -2.55. The molecule has 0 aromatic carbocycles. The minimum absolute atomic E-state index is 0.0892. The third-order valence-corrected chi connectivity index (χ3v) is 2.99. The molecule has 1 amide bonds. The van der Waals surface area contributed by atoms with Crippen molar-refractivity contribution in [2.45, 2.75) is 59.4 Å². The highest BCUT2D eigenvalue weighted by molar-refractivity contribution is 5.68. The van der Waals surface area contributed by atoms with Gasteiger partial charge in [-0.15, -0.1) is 0 Å². The van der Waals surface area contributed by atoms with Gasteiger partial charge in [-0.05, 0) is 26.2 Å². The first kappa shape index (κ1) is 16.2. The zero-order valence-electron chi connectivity index (χ0n) is 12.9. The maximum absolute atomic E-state index is 12.1. The van der Waals surface area contributed by atoms with Gasteiger partial charge < -0.3 is 19.5 Å². The molecule has 5 heteroatoms. The van der Waals surface area contributed by atoms with E-state index < -0.39 is 5.60 Å². The number of amides is 1. The summed E-state index contributed by atoms with van der Waals surface area (Å²) in [5.74, 6) is 0. The first-order chi connectivity index (χ1) is 8.53. The number of hydrogen-bond donors (Lipinski definition) is 1. The van der Waals surface area contributed by atoms with Crippen LogP contribution in [-0.4, -0.2) is 53.6 Å². The Labute approximate surface area is 115 Å². The Morgan fingerprint density at radius 3 is 2.26 bits per heavy atom. The summed E-state index contributed by atoms with van der Waals surface area (Å²) in [7, 11) is 0. The predicted octanol–water partition coefficient (Wildman–Crippen LogP) is 2.03. The summed E-state index contributed by atoms with van der Waals surface area (Å²) in [6.07, 6.45) is -0.792. The fraction of sp³-hybridized carbons (Fsp3) is 0.929. The molecule has 0 radical (unpaired) electrons. The van der Waals surface area contributed by atoms with Crippen LogP contribution in [0.4, 0.5) is 4.79 Å². The summed E-state index contributed by atoms with van der Waals surface area (Å²) < 4.78 is 11.2. The summed E-state index contributed by atoms with van der Waals surface area (Å²) in [4.78, 5) is 13.7. The van der Waals surface area contributed by atoms with Crippen LogP contribution in [0.25, 0.3) is 0 Å². The van der Waals surface area contributed by atoms with E-state index in [0.717, 1.165) is 0 Å². The Morgan fingerprint density at radius 2 is 1.84 bits per heavy atom. The van der Waals surface area contributed by atoms with Crippen LogP contribution in [0.15, 0.2) is 0 Å². The highest BCUT2D eigenvalue weighted by Crippen LogP contribution is 2.28. The maximum Gasteiger partial charge on any atom is 0.410 e. The highest BCUT2D eigenvalue weighted by Gasteiger charge is 2.37. The molecule has 1 saturated heterocycles. The highest BCUT2D eigenvalue weighted by atomic mass is 16.6. The number of nitrogens with zero attached hydrogens (tertiary/aromatic N) is 1. The molecular weight excluding hydrogens is 246 g/mol. The van der Waals surface area contributed by atoms with Gasteiger partial charge in [0.1, 0.15) is 5.60 Å². The minimum atomic E-state index is -0.513. The molecule has 19 heavy (non-hydrogen) atoms. The lowest BCUT2D eigenvalue weighted by atomic mass is 9.87. The van der Waals surface area contributed by atoms with E-state index in [1.807, 2.05) is 20.8 Å². The van der Waals surface area contributed by atoms with Gasteiger partial charge in [-0.25, -0.2) is 4.79 Å². The summed E-state index contributed by atoms with van der Waals surface area (Å²) in [6, 6.07) is 0. The fourth-order valence-electron chi connectivity index (χ4n) is 1.89. The quantitative estimate of drug-likeness (QED) is 0.794. The number of carbonyl (C=O) groups is 1. The molecule has 2 atom stereocenters. The zero-order chi connectivity index (χ0) is 14.8. The molecule has 112 valence electrons. The van der Waals surface area contributed by atoms with E-state index in [9.17, 15) is 9.90 Å². The molecule has 1 rings (SSSR count). The Bertz CT molecular complexity index is 316. The molecule has 0 saturated carbocycles. The van der Waals surface area contributed by atoms with E-state index in [1.54, 1.807) is 4.90 Å². The van der Waals surface area contributed by atoms with Gasteiger partial charge in [0.25, 0.3) is 0 Å². The monoisotopic (exact) mass is 273 g/mol. The van der Waals surface area contributed by atoms with Crippen molar-refractivity contribution in [3.05, 3.63) is 0 Å². The molecule has 0 aromatic rings. The first-order valence-electron chi connectivity index (χ1n) is 6.77. The number of carbonyl (C=O) groups excluding carboxylic acids is 1. The molecule has 0 bridgehead atoms. The summed E-state index contributed by atoms with van der Waals surface area (Å²) >= 11 is 0. The van der Waals surface area contributed by atoms with Crippen LogP contribution in [0, 0.1) is 5.41 Å². The number of ether oxygens (including phenoxy) is 2. The number of hydrogen-bond acceptors (Lipinski definition) is 4. The second-order valence-corrected chi connectivity index (χ2v) is 7.18. The minimum Gasteiger partial charge on any atom is -0.444 e. The maximum atomic E-state index is 12.1. The van der Waals surface area contributed by atoms with Crippen LogP contribution < -0.4 is 0 Å². The van der Waals surface area contributed by atoms with Gasteiger partial charge in [0.2, 0.25) is 0 Å². The molecule has 1 aliphatic heterocycles. The van der Waals surface area contributed by atoms with Crippen molar-refractivity contribution in [3.63, 3.8) is 0 Å². The van der Waals surface area contributed by atoms with Crippen molar-refractivity contribution in [2.75, 3.05) is 19.7 Å². The number of aliphatic hydroxyl groups excluding tert-OH is 1. The van der Waals surface area contributed by atoms with Crippen molar-refractivity contribution in [1.29, 1.82) is 0 Å². The lowest BCUT2D eigenvalue weighted by Gasteiger charge is -2.43. The van der Waals surface area contributed by atoms with E-state index in [1.165, 1.54) is 0 Å². The van der Waals surface area contributed by atoms with Crippen molar-refractivity contribution in [1.82, 2.24) is 4.90 Å². The predicted molar refractivity (Wildman–Crippen MR) is 73.0 cm³/mol. The standard InChI is InChI=1S/C14H27NO4/c1-13(2,3)11-8-15(7-10(9-16)18-11)12(17)19-14(4,5)6/h10-11,16H,7-9H2,1-6H3/t10-,11-/m0/s1. The molecule has 5 nitrogen and oxygen atoms in total. The normalized spacial score (nSPS) is 25.3. The summed E-state index contributed by atoms with van der Waals surface area (Å²) in [6.45, 7) is 12.5. The topological polar surface area (TPSA) is 59.0 Å². The second kappa shape index (κ2) is 5.67. The van der Waals surface area contributed by atoms with E-state index in [4.69, 9.17) is 9.47 Å². The van der Waals surface area contributed by atoms with Crippen LogP contribution >= 0.6 is 0 Å². The second-order valence-electron chi connectivity index (χ2n) is 7.18. The molecule has 1 aliphatic rings. The van der Waals surface area contributed by atoms with Gasteiger partial charge in [-0.3, -0.25) is 0 Å². The smallest absolute Gasteiger partial charge is 0.410 e. The molecule has 1 N–H and O–H groups in total. The van der Waals surface area contributed by atoms with Gasteiger partial charge in [0.15, 0.2) is 0 Å².